The van der Waals surface area contributed by atoms with Gasteiger partial charge in [-0.15, -0.1) is 0 Å². The van der Waals surface area contributed by atoms with Crippen LogP contribution >= 0.6 is 22.7 Å². The van der Waals surface area contributed by atoms with Gasteiger partial charge in [0.15, 0.2) is 5.13 Å². The third-order valence-corrected chi connectivity index (χ3v) is 4.68. The number of rotatable bonds is 7. The summed E-state index contributed by atoms with van der Waals surface area (Å²) in [5.74, 6) is 0.649. The largest absolute Gasteiger partial charge is 0.480 e. The molecule has 5 nitrogen and oxygen atoms in total. The highest BCUT2D eigenvalue weighted by molar-refractivity contribution is 7.15. The maximum Gasteiger partial charge on any atom is 0.230 e. The number of nitrogens with one attached hydrogen (secondary N) is 1. The summed E-state index contributed by atoms with van der Waals surface area (Å²) < 4.78 is 5.28. The Morgan fingerprint density at radius 3 is 2.90 bits per heavy atom. The molecule has 0 bridgehead atoms. The van der Waals surface area contributed by atoms with Crippen LogP contribution < -0.4 is 15.0 Å². The minimum atomic E-state index is -0.478. The number of aliphatic hydroxyl groups excluding tert-OH is 1. The number of anilines is 1. The number of aliphatic hydroxyl groups is 1. The average molecular weight is 313 g/mol. The molecule has 0 aliphatic rings. The molecule has 2 rings (SSSR count). The van der Waals surface area contributed by atoms with Crippen LogP contribution in [0.15, 0.2) is 16.8 Å². The van der Waals surface area contributed by atoms with Crippen molar-refractivity contribution < 1.29 is 9.84 Å². The number of aromatic nitrogens is 1. The molecule has 0 radical (unpaired) electrons. The van der Waals surface area contributed by atoms with Gasteiger partial charge in [-0.2, -0.15) is 16.3 Å². The third kappa shape index (κ3) is 3.69. The Balaban J connectivity index is 1.90. The van der Waals surface area contributed by atoms with E-state index in [1.165, 1.54) is 0 Å². The van der Waals surface area contributed by atoms with Gasteiger partial charge in [0.05, 0.1) is 18.1 Å². The smallest absolute Gasteiger partial charge is 0.230 e. The van der Waals surface area contributed by atoms with Gasteiger partial charge in [0.25, 0.3) is 0 Å². The van der Waals surface area contributed by atoms with E-state index in [0.29, 0.717) is 19.0 Å². The molecule has 2 N–H and O–H groups in total. The predicted molar refractivity (Wildman–Crippen MR) is 84.0 cm³/mol. The van der Waals surface area contributed by atoms with E-state index in [0.717, 1.165) is 15.6 Å². The lowest BCUT2D eigenvalue weighted by Crippen LogP contribution is -2.20. The Morgan fingerprint density at radius 2 is 2.30 bits per heavy atom. The van der Waals surface area contributed by atoms with Crippen LogP contribution in [0.4, 0.5) is 5.13 Å². The van der Waals surface area contributed by atoms with E-state index in [1.807, 2.05) is 35.8 Å². The van der Waals surface area contributed by atoms with E-state index >= 15 is 0 Å². The summed E-state index contributed by atoms with van der Waals surface area (Å²) in [5, 5.41) is 18.1. The highest BCUT2D eigenvalue weighted by Gasteiger charge is 2.14. The fourth-order valence-corrected chi connectivity index (χ4v) is 3.32. The number of ether oxygens (including phenoxy) is 1. The molecule has 110 valence electrons. The van der Waals surface area contributed by atoms with Gasteiger partial charge in [0.2, 0.25) is 5.88 Å². The van der Waals surface area contributed by atoms with Crippen molar-refractivity contribution in [2.75, 3.05) is 32.6 Å². The summed E-state index contributed by atoms with van der Waals surface area (Å²) >= 11 is 3.18. The van der Waals surface area contributed by atoms with Crippen molar-refractivity contribution in [1.82, 2.24) is 10.3 Å². The van der Waals surface area contributed by atoms with Gasteiger partial charge in [-0.3, -0.25) is 0 Å². The molecule has 0 spiro atoms. The summed E-state index contributed by atoms with van der Waals surface area (Å²) in [7, 11) is 5.53. The van der Waals surface area contributed by atoms with Gasteiger partial charge in [-0.25, -0.2) is 0 Å². The number of thiazole rings is 1. The van der Waals surface area contributed by atoms with Crippen LogP contribution in [-0.4, -0.2) is 37.8 Å². The highest BCUT2D eigenvalue weighted by Crippen LogP contribution is 2.30. The van der Waals surface area contributed by atoms with Crippen LogP contribution in [0, 0.1) is 0 Å². The molecule has 0 saturated carbocycles. The van der Waals surface area contributed by atoms with Crippen molar-refractivity contribution in [3.05, 3.63) is 27.3 Å². The zero-order chi connectivity index (χ0) is 14.5. The normalized spacial score (nSPS) is 12.4. The minimum Gasteiger partial charge on any atom is -0.480 e. The Bertz CT molecular complexity index is 526. The molecule has 2 aromatic heterocycles. The average Bonchev–Trinajstić information content (AvgIpc) is 3.07. The maximum absolute atomic E-state index is 10.00. The van der Waals surface area contributed by atoms with E-state index in [4.69, 9.17) is 4.74 Å². The number of methoxy groups -OCH3 is 1. The molecular weight excluding hydrogens is 294 g/mol. The van der Waals surface area contributed by atoms with Crippen molar-refractivity contribution in [2.45, 2.75) is 12.6 Å². The standard InChI is InChI=1S/C13H19N3O2S2/c1-16(2)13-15-12(18-3)11(20-13)7-14-6-10(17)9-4-5-19-8-9/h4-5,8,10,14,17H,6-7H2,1-3H3. The number of hydrogen-bond donors (Lipinski definition) is 2. The number of nitrogens with zero attached hydrogens (tertiary/aromatic N) is 2. The first kappa shape index (κ1) is 15.2. The zero-order valence-corrected chi connectivity index (χ0v) is 13.4. The lowest BCUT2D eigenvalue weighted by molar-refractivity contribution is 0.175. The van der Waals surface area contributed by atoms with Crippen molar-refractivity contribution in [3.8, 4) is 5.88 Å². The molecule has 0 fully saturated rings. The van der Waals surface area contributed by atoms with Crippen LogP contribution in [0.1, 0.15) is 16.5 Å². The van der Waals surface area contributed by atoms with E-state index in [-0.39, 0.29) is 0 Å². The van der Waals surface area contributed by atoms with Gasteiger partial charge >= 0.3 is 0 Å². The summed E-state index contributed by atoms with van der Waals surface area (Å²) in [6, 6.07) is 1.94. The van der Waals surface area contributed by atoms with E-state index in [9.17, 15) is 5.11 Å². The molecule has 7 heteroatoms. The second-order valence-corrected chi connectivity index (χ2v) is 6.37. The lowest BCUT2D eigenvalue weighted by atomic mass is 10.2. The van der Waals surface area contributed by atoms with Crippen molar-refractivity contribution in [2.24, 2.45) is 0 Å². The Hall–Kier alpha value is -1.15. The Kier molecular flexibility index (Phi) is 5.36. The fraction of sp³-hybridized carbons (Fsp3) is 0.462. The summed E-state index contributed by atoms with van der Waals surface area (Å²) in [6.45, 7) is 1.14. The lowest BCUT2D eigenvalue weighted by Gasteiger charge is -2.10. The minimum absolute atomic E-state index is 0.478. The number of thiophene rings is 1. The Morgan fingerprint density at radius 1 is 1.50 bits per heavy atom. The number of hydrogen-bond acceptors (Lipinski definition) is 7. The van der Waals surface area contributed by atoms with Gasteiger partial charge in [-0.05, 0) is 22.4 Å². The second-order valence-electron chi connectivity index (χ2n) is 4.53. The van der Waals surface area contributed by atoms with Crippen molar-refractivity contribution in [1.29, 1.82) is 0 Å². The Labute approximate surface area is 126 Å². The molecule has 1 unspecified atom stereocenters. The van der Waals surface area contributed by atoms with Crippen molar-refractivity contribution >= 4 is 27.8 Å². The molecule has 0 aliphatic heterocycles. The first-order valence-electron chi connectivity index (χ1n) is 6.23. The molecule has 20 heavy (non-hydrogen) atoms. The van der Waals surface area contributed by atoms with Crippen LogP contribution in [0.2, 0.25) is 0 Å². The van der Waals surface area contributed by atoms with Crippen LogP contribution in [-0.2, 0) is 6.54 Å². The molecule has 0 aliphatic carbocycles. The van der Waals surface area contributed by atoms with Crippen LogP contribution in [0.3, 0.4) is 0 Å². The first-order valence-corrected chi connectivity index (χ1v) is 7.99. The molecule has 0 amide bonds. The van der Waals surface area contributed by atoms with E-state index < -0.39 is 6.10 Å². The van der Waals surface area contributed by atoms with Gasteiger partial charge in [0.1, 0.15) is 0 Å². The monoisotopic (exact) mass is 313 g/mol. The van der Waals surface area contributed by atoms with E-state index in [2.05, 4.69) is 10.3 Å². The SMILES string of the molecule is COc1nc(N(C)C)sc1CNCC(O)c1ccsc1. The topological polar surface area (TPSA) is 57.6 Å². The predicted octanol–water partition coefficient (Wildman–Crippen LogP) is 2.10. The van der Waals surface area contributed by atoms with Crippen LogP contribution in [0.25, 0.3) is 0 Å². The molecule has 0 saturated heterocycles. The van der Waals surface area contributed by atoms with Crippen LogP contribution in [0.5, 0.6) is 5.88 Å². The summed E-state index contributed by atoms with van der Waals surface area (Å²) in [5.41, 5.74) is 0.952. The third-order valence-electron chi connectivity index (χ3n) is 2.78. The van der Waals surface area contributed by atoms with Crippen molar-refractivity contribution in [3.63, 3.8) is 0 Å². The quantitative estimate of drug-likeness (QED) is 0.820. The molecule has 1 atom stereocenters. The molecular formula is C13H19N3O2S2. The molecule has 2 aromatic rings. The fourth-order valence-electron chi connectivity index (χ4n) is 1.69. The molecule has 0 aromatic carbocycles. The first-order chi connectivity index (χ1) is 9.61. The molecule has 2 heterocycles. The summed E-state index contributed by atoms with van der Waals surface area (Å²) in [4.78, 5) is 7.39. The summed E-state index contributed by atoms with van der Waals surface area (Å²) in [6.07, 6.45) is -0.478. The van der Waals surface area contributed by atoms with Gasteiger partial charge in [-0.1, -0.05) is 11.3 Å². The van der Waals surface area contributed by atoms with E-state index in [1.54, 1.807) is 29.8 Å². The van der Waals surface area contributed by atoms with Gasteiger partial charge < -0.3 is 20.1 Å². The van der Waals surface area contributed by atoms with Gasteiger partial charge in [0, 0.05) is 27.2 Å². The second kappa shape index (κ2) is 7.03. The zero-order valence-electron chi connectivity index (χ0n) is 11.8. The highest BCUT2D eigenvalue weighted by atomic mass is 32.1. The maximum atomic E-state index is 10.00.